The van der Waals surface area contributed by atoms with E-state index in [1.807, 2.05) is 6.07 Å². The molecule has 0 aliphatic carbocycles. The predicted molar refractivity (Wildman–Crippen MR) is 68.6 cm³/mol. The zero-order chi connectivity index (χ0) is 12.1. The second-order valence-corrected chi connectivity index (χ2v) is 4.76. The van der Waals surface area contributed by atoms with Gasteiger partial charge in [0.2, 0.25) is 5.91 Å². The molecule has 17 heavy (non-hydrogen) atoms. The molecule has 1 amide bonds. The molecule has 1 aliphatic rings. The standard InChI is InChI=1S/C14H20N2O/c15-14(17)11-16-10-4-7-13(16)9-8-12-5-2-1-3-6-12/h1-3,5-6,13H,4,7-11H2,(H2,15,17). The number of hydrogen-bond acceptors (Lipinski definition) is 2. The summed E-state index contributed by atoms with van der Waals surface area (Å²) in [6.45, 7) is 1.43. The Balaban J connectivity index is 1.84. The molecular weight excluding hydrogens is 212 g/mol. The van der Waals surface area contributed by atoms with Crippen LogP contribution in [0.1, 0.15) is 24.8 Å². The van der Waals surface area contributed by atoms with E-state index < -0.39 is 0 Å². The Hall–Kier alpha value is -1.35. The van der Waals surface area contributed by atoms with Crippen molar-refractivity contribution in [3.05, 3.63) is 35.9 Å². The Morgan fingerprint density at radius 2 is 2.12 bits per heavy atom. The number of rotatable bonds is 5. The van der Waals surface area contributed by atoms with Crippen LogP contribution >= 0.6 is 0 Å². The lowest BCUT2D eigenvalue weighted by Crippen LogP contribution is -2.37. The van der Waals surface area contributed by atoms with Crippen molar-refractivity contribution in [1.82, 2.24) is 4.90 Å². The summed E-state index contributed by atoms with van der Waals surface area (Å²) in [6.07, 6.45) is 4.59. The number of benzene rings is 1. The van der Waals surface area contributed by atoms with Crippen molar-refractivity contribution >= 4 is 5.91 Å². The van der Waals surface area contributed by atoms with Gasteiger partial charge in [-0.15, -0.1) is 0 Å². The van der Waals surface area contributed by atoms with Crippen LogP contribution in [0.3, 0.4) is 0 Å². The average Bonchev–Trinajstić information content (AvgIpc) is 2.74. The number of aryl methyl sites for hydroxylation is 1. The van der Waals surface area contributed by atoms with E-state index >= 15 is 0 Å². The van der Waals surface area contributed by atoms with Gasteiger partial charge in [-0.3, -0.25) is 9.69 Å². The zero-order valence-electron chi connectivity index (χ0n) is 10.1. The fourth-order valence-electron chi connectivity index (χ4n) is 2.61. The van der Waals surface area contributed by atoms with Gasteiger partial charge in [0.1, 0.15) is 0 Å². The SMILES string of the molecule is NC(=O)CN1CCCC1CCc1ccccc1. The molecule has 0 spiro atoms. The van der Waals surface area contributed by atoms with Gasteiger partial charge in [-0.05, 0) is 37.8 Å². The van der Waals surface area contributed by atoms with Crippen molar-refractivity contribution in [2.45, 2.75) is 31.7 Å². The van der Waals surface area contributed by atoms with Crippen LogP contribution in [0.25, 0.3) is 0 Å². The molecule has 1 heterocycles. The second kappa shape index (κ2) is 5.82. The van der Waals surface area contributed by atoms with Gasteiger partial charge in [-0.1, -0.05) is 30.3 Å². The summed E-state index contributed by atoms with van der Waals surface area (Å²) in [6, 6.07) is 11.0. The molecule has 1 atom stereocenters. The van der Waals surface area contributed by atoms with Crippen molar-refractivity contribution < 1.29 is 4.79 Å². The van der Waals surface area contributed by atoms with Crippen LogP contribution in [0.2, 0.25) is 0 Å². The first-order chi connectivity index (χ1) is 8.25. The summed E-state index contributed by atoms with van der Waals surface area (Å²) in [4.78, 5) is 13.2. The van der Waals surface area contributed by atoms with Gasteiger partial charge >= 0.3 is 0 Å². The molecule has 1 aromatic carbocycles. The summed E-state index contributed by atoms with van der Waals surface area (Å²) in [7, 11) is 0. The first-order valence-corrected chi connectivity index (χ1v) is 6.32. The molecule has 2 rings (SSSR count). The highest BCUT2D eigenvalue weighted by Crippen LogP contribution is 2.21. The minimum absolute atomic E-state index is 0.211. The average molecular weight is 232 g/mol. The van der Waals surface area contributed by atoms with Gasteiger partial charge in [-0.25, -0.2) is 0 Å². The highest BCUT2D eigenvalue weighted by molar-refractivity contribution is 5.76. The monoisotopic (exact) mass is 232 g/mol. The third-order valence-corrected chi connectivity index (χ3v) is 3.47. The van der Waals surface area contributed by atoms with Crippen LogP contribution in [0.15, 0.2) is 30.3 Å². The number of hydrogen-bond donors (Lipinski definition) is 1. The third kappa shape index (κ3) is 3.56. The fraction of sp³-hybridized carbons (Fsp3) is 0.500. The van der Waals surface area contributed by atoms with Gasteiger partial charge < -0.3 is 5.73 Å². The minimum atomic E-state index is -0.211. The molecule has 3 heteroatoms. The maximum Gasteiger partial charge on any atom is 0.231 e. The Kier molecular flexibility index (Phi) is 4.15. The van der Waals surface area contributed by atoms with Crippen LogP contribution < -0.4 is 5.73 Å². The fourth-order valence-corrected chi connectivity index (χ4v) is 2.61. The molecule has 1 unspecified atom stereocenters. The van der Waals surface area contributed by atoms with Gasteiger partial charge in [0, 0.05) is 6.04 Å². The van der Waals surface area contributed by atoms with Crippen molar-refractivity contribution in [3.8, 4) is 0 Å². The first-order valence-electron chi connectivity index (χ1n) is 6.32. The van der Waals surface area contributed by atoms with E-state index in [1.165, 1.54) is 18.4 Å². The lowest BCUT2D eigenvalue weighted by Gasteiger charge is -2.22. The molecule has 0 aromatic heterocycles. The highest BCUT2D eigenvalue weighted by atomic mass is 16.1. The molecule has 92 valence electrons. The number of amides is 1. The molecular formula is C14H20N2O. The third-order valence-electron chi connectivity index (χ3n) is 3.47. The first kappa shape index (κ1) is 12.1. The molecule has 1 aliphatic heterocycles. The van der Waals surface area contributed by atoms with Crippen LogP contribution in [0, 0.1) is 0 Å². The van der Waals surface area contributed by atoms with E-state index in [2.05, 4.69) is 29.2 Å². The van der Waals surface area contributed by atoms with Gasteiger partial charge in [0.25, 0.3) is 0 Å². The number of nitrogens with zero attached hydrogens (tertiary/aromatic N) is 1. The number of carbonyl (C=O) groups is 1. The quantitative estimate of drug-likeness (QED) is 0.837. The van der Waals surface area contributed by atoms with Crippen LogP contribution in [0.5, 0.6) is 0 Å². The number of carbonyl (C=O) groups excluding carboxylic acids is 1. The van der Waals surface area contributed by atoms with E-state index in [1.54, 1.807) is 0 Å². The topological polar surface area (TPSA) is 46.3 Å². The summed E-state index contributed by atoms with van der Waals surface area (Å²) in [5.74, 6) is -0.211. The molecule has 0 radical (unpaired) electrons. The molecule has 1 aromatic rings. The number of primary amides is 1. The maximum absolute atomic E-state index is 11.0. The predicted octanol–water partition coefficient (Wildman–Crippen LogP) is 1.57. The normalized spacial score (nSPS) is 20.6. The lowest BCUT2D eigenvalue weighted by molar-refractivity contribution is -0.119. The zero-order valence-corrected chi connectivity index (χ0v) is 10.1. The molecule has 1 saturated heterocycles. The van der Waals surface area contributed by atoms with Crippen molar-refractivity contribution in [2.24, 2.45) is 5.73 Å². The Bertz CT molecular complexity index is 364. The Morgan fingerprint density at radius 3 is 2.82 bits per heavy atom. The Morgan fingerprint density at radius 1 is 1.35 bits per heavy atom. The summed E-state index contributed by atoms with van der Waals surface area (Å²) in [5.41, 5.74) is 6.63. The number of likely N-dealkylation sites (tertiary alicyclic amines) is 1. The highest BCUT2D eigenvalue weighted by Gasteiger charge is 2.24. The van der Waals surface area contributed by atoms with E-state index in [-0.39, 0.29) is 5.91 Å². The maximum atomic E-state index is 11.0. The summed E-state index contributed by atoms with van der Waals surface area (Å²) in [5, 5.41) is 0. The summed E-state index contributed by atoms with van der Waals surface area (Å²) < 4.78 is 0. The second-order valence-electron chi connectivity index (χ2n) is 4.76. The molecule has 0 saturated carbocycles. The van der Waals surface area contributed by atoms with Gasteiger partial charge in [0.05, 0.1) is 6.54 Å². The van der Waals surface area contributed by atoms with Crippen LogP contribution in [-0.2, 0) is 11.2 Å². The van der Waals surface area contributed by atoms with E-state index in [4.69, 9.17) is 5.73 Å². The van der Waals surface area contributed by atoms with E-state index in [9.17, 15) is 4.79 Å². The lowest BCUT2D eigenvalue weighted by atomic mass is 10.0. The van der Waals surface area contributed by atoms with Crippen molar-refractivity contribution in [1.29, 1.82) is 0 Å². The largest absolute Gasteiger partial charge is 0.369 e. The number of nitrogens with two attached hydrogens (primary N) is 1. The van der Waals surface area contributed by atoms with E-state index in [0.29, 0.717) is 12.6 Å². The Labute approximate surface area is 103 Å². The van der Waals surface area contributed by atoms with Crippen molar-refractivity contribution in [2.75, 3.05) is 13.1 Å². The van der Waals surface area contributed by atoms with Gasteiger partial charge in [0.15, 0.2) is 0 Å². The minimum Gasteiger partial charge on any atom is -0.369 e. The smallest absolute Gasteiger partial charge is 0.231 e. The van der Waals surface area contributed by atoms with E-state index in [0.717, 1.165) is 19.4 Å². The van der Waals surface area contributed by atoms with Gasteiger partial charge in [-0.2, -0.15) is 0 Å². The molecule has 3 nitrogen and oxygen atoms in total. The summed E-state index contributed by atoms with van der Waals surface area (Å²) >= 11 is 0. The molecule has 0 bridgehead atoms. The molecule has 2 N–H and O–H groups in total. The van der Waals surface area contributed by atoms with Crippen LogP contribution in [0.4, 0.5) is 0 Å². The molecule has 1 fully saturated rings. The van der Waals surface area contributed by atoms with Crippen LogP contribution in [-0.4, -0.2) is 29.9 Å². The van der Waals surface area contributed by atoms with Crippen molar-refractivity contribution in [3.63, 3.8) is 0 Å².